The predicted octanol–water partition coefficient (Wildman–Crippen LogP) is 12.3. The summed E-state index contributed by atoms with van der Waals surface area (Å²) in [6.07, 6.45) is 36.2. The quantitative estimate of drug-likeness (QED) is 0.0580. The summed E-state index contributed by atoms with van der Waals surface area (Å²) in [5, 5.41) is 9.69. The lowest BCUT2D eigenvalue weighted by Crippen LogP contribution is -2.46. The standard InChI is InChI=1S/C41H79NO4/c1-5-8-11-13-18-21-24-28-36(39-35-37(41(44)45)33-34-42(39)4)29-25-22-19-16-14-15-17-20-23-27-32-40(43)46-38(30-10-7-3)31-26-12-9-6-2/h36-39H,5-35H2,1-4H3,(H,44,45). The minimum absolute atomic E-state index is 0.0260. The number of hydrogen-bond donors (Lipinski definition) is 1. The molecule has 0 amide bonds. The molecular formula is C41H79NO4. The number of nitrogens with zero attached hydrogens (tertiary/aromatic N) is 1. The summed E-state index contributed by atoms with van der Waals surface area (Å²) >= 11 is 0. The molecular weight excluding hydrogens is 570 g/mol. The highest BCUT2D eigenvalue weighted by atomic mass is 16.5. The number of carboxylic acid groups (broad SMARTS) is 1. The van der Waals surface area contributed by atoms with Crippen LogP contribution in [0.15, 0.2) is 0 Å². The van der Waals surface area contributed by atoms with Crippen molar-refractivity contribution >= 4 is 11.9 Å². The summed E-state index contributed by atoms with van der Waals surface area (Å²) in [5.74, 6) is -0.0690. The molecule has 1 heterocycles. The van der Waals surface area contributed by atoms with Gasteiger partial charge in [0.15, 0.2) is 0 Å². The third-order valence-electron chi connectivity index (χ3n) is 10.8. The van der Waals surface area contributed by atoms with E-state index < -0.39 is 5.97 Å². The Morgan fingerprint density at radius 3 is 1.59 bits per heavy atom. The first-order valence-electron chi connectivity index (χ1n) is 20.5. The molecule has 5 nitrogen and oxygen atoms in total. The van der Waals surface area contributed by atoms with Crippen LogP contribution in [0.4, 0.5) is 0 Å². The number of esters is 1. The zero-order chi connectivity index (χ0) is 33.7. The fraction of sp³-hybridized carbons (Fsp3) is 0.951. The molecule has 0 saturated carbocycles. The molecule has 4 atom stereocenters. The number of aliphatic carboxylic acids is 1. The predicted molar refractivity (Wildman–Crippen MR) is 196 cm³/mol. The molecule has 46 heavy (non-hydrogen) atoms. The topological polar surface area (TPSA) is 66.8 Å². The zero-order valence-corrected chi connectivity index (χ0v) is 31.3. The van der Waals surface area contributed by atoms with Crippen LogP contribution in [0.5, 0.6) is 0 Å². The molecule has 1 N–H and O–H groups in total. The average molecular weight is 650 g/mol. The van der Waals surface area contributed by atoms with E-state index in [1.807, 2.05) is 0 Å². The highest BCUT2D eigenvalue weighted by Gasteiger charge is 2.34. The van der Waals surface area contributed by atoms with E-state index in [1.165, 1.54) is 135 Å². The number of carbonyl (C=O) groups is 2. The van der Waals surface area contributed by atoms with E-state index in [4.69, 9.17) is 4.74 Å². The Morgan fingerprint density at radius 2 is 1.07 bits per heavy atom. The van der Waals surface area contributed by atoms with Gasteiger partial charge >= 0.3 is 11.9 Å². The lowest BCUT2D eigenvalue weighted by molar-refractivity contribution is -0.150. The molecule has 1 saturated heterocycles. The molecule has 1 aliphatic heterocycles. The Kier molecular flexibility index (Phi) is 28.0. The lowest BCUT2D eigenvalue weighted by Gasteiger charge is -2.40. The van der Waals surface area contributed by atoms with E-state index in [0.717, 1.165) is 57.9 Å². The molecule has 1 fully saturated rings. The van der Waals surface area contributed by atoms with Gasteiger partial charge in [-0.3, -0.25) is 9.59 Å². The number of carboxylic acids is 1. The van der Waals surface area contributed by atoms with Crippen LogP contribution >= 0.6 is 0 Å². The maximum Gasteiger partial charge on any atom is 0.306 e. The number of likely N-dealkylation sites (tertiary alicyclic amines) is 1. The van der Waals surface area contributed by atoms with Crippen molar-refractivity contribution in [2.45, 2.75) is 226 Å². The third kappa shape index (κ3) is 22.5. The second-order valence-electron chi connectivity index (χ2n) is 15.0. The SMILES string of the molecule is CCCCCCCCCC(CCCCCCCCCCCCC(=O)OC(CCCC)CCCCCC)C1CC(C(=O)O)CCN1C. The van der Waals surface area contributed by atoms with Crippen LogP contribution in [0.1, 0.15) is 213 Å². The van der Waals surface area contributed by atoms with Crippen molar-refractivity contribution in [3.8, 4) is 0 Å². The molecule has 1 rings (SSSR count). The summed E-state index contributed by atoms with van der Waals surface area (Å²) in [6.45, 7) is 7.65. The van der Waals surface area contributed by atoms with E-state index in [0.29, 0.717) is 18.4 Å². The van der Waals surface area contributed by atoms with Crippen LogP contribution in [0.25, 0.3) is 0 Å². The first kappa shape index (κ1) is 42.9. The summed E-state index contributed by atoms with van der Waals surface area (Å²) in [6, 6.07) is 0.440. The van der Waals surface area contributed by atoms with E-state index in [9.17, 15) is 14.7 Å². The third-order valence-corrected chi connectivity index (χ3v) is 10.8. The van der Waals surface area contributed by atoms with Gasteiger partial charge in [0.2, 0.25) is 0 Å². The molecule has 0 radical (unpaired) electrons. The van der Waals surface area contributed by atoms with Crippen molar-refractivity contribution in [2.75, 3.05) is 13.6 Å². The Morgan fingerprint density at radius 1 is 0.630 bits per heavy atom. The van der Waals surface area contributed by atoms with Gasteiger partial charge in [0.05, 0.1) is 5.92 Å². The molecule has 1 aliphatic rings. The van der Waals surface area contributed by atoms with E-state index >= 15 is 0 Å². The van der Waals surface area contributed by atoms with E-state index in [1.54, 1.807) is 0 Å². The Hall–Kier alpha value is -1.10. The Bertz CT molecular complexity index is 713. The van der Waals surface area contributed by atoms with Crippen LogP contribution in [0.2, 0.25) is 0 Å². The van der Waals surface area contributed by atoms with Crippen molar-refractivity contribution in [3.63, 3.8) is 0 Å². The zero-order valence-electron chi connectivity index (χ0n) is 31.3. The summed E-state index contributed by atoms with van der Waals surface area (Å²) in [5.41, 5.74) is 0. The molecule has 0 bridgehead atoms. The molecule has 0 spiro atoms. The number of unbranched alkanes of at least 4 members (excludes halogenated alkanes) is 19. The molecule has 4 unspecified atom stereocenters. The second kappa shape index (κ2) is 30.0. The first-order chi connectivity index (χ1) is 22.4. The largest absolute Gasteiger partial charge is 0.481 e. The lowest BCUT2D eigenvalue weighted by atomic mass is 9.79. The summed E-state index contributed by atoms with van der Waals surface area (Å²) in [7, 11) is 2.23. The fourth-order valence-corrected chi connectivity index (χ4v) is 7.61. The maximum atomic E-state index is 12.4. The Labute approximate surface area is 286 Å². The van der Waals surface area contributed by atoms with Crippen molar-refractivity contribution in [2.24, 2.45) is 11.8 Å². The van der Waals surface area contributed by atoms with Crippen molar-refractivity contribution in [1.82, 2.24) is 4.90 Å². The van der Waals surface area contributed by atoms with Gasteiger partial charge in [-0.1, -0.05) is 156 Å². The normalized spacial score (nSPS) is 18.4. The Balaban J connectivity index is 2.19. The van der Waals surface area contributed by atoms with Crippen LogP contribution in [0.3, 0.4) is 0 Å². The molecule has 0 aromatic carbocycles. The number of hydrogen-bond acceptors (Lipinski definition) is 4. The van der Waals surface area contributed by atoms with Crippen molar-refractivity contribution in [3.05, 3.63) is 0 Å². The molecule has 0 aromatic heterocycles. The van der Waals surface area contributed by atoms with Crippen LogP contribution < -0.4 is 0 Å². The minimum atomic E-state index is -0.588. The van der Waals surface area contributed by atoms with Crippen LogP contribution in [0, 0.1) is 11.8 Å². The van der Waals surface area contributed by atoms with Gasteiger partial charge in [0.1, 0.15) is 6.10 Å². The highest BCUT2D eigenvalue weighted by Crippen LogP contribution is 2.33. The highest BCUT2D eigenvalue weighted by molar-refractivity contribution is 5.70. The van der Waals surface area contributed by atoms with E-state index in [2.05, 4.69) is 32.7 Å². The average Bonchev–Trinajstić information content (AvgIpc) is 3.04. The number of carbonyl (C=O) groups excluding carboxylic acids is 1. The molecule has 0 aromatic rings. The van der Waals surface area contributed by atoms with Gasteiger partial charge in [-0.25, -0.2) is 0 Å². The number of rotatable bonds is 32. The monoisotopic (exact) mass is 650 g/mol. The van der Waals surface area contributed by atoms with Gasteiger partial charge in [-0.15, -0.1) is 0 Å². The van der Waals surface area contributed by atoms with Gasteiger partial charge in [0.25, 0.3) is 0 Å². The maximum absolute atomic E-state index is 12.4. The van der Waals surface area contributed by atoms with Gasteiger partial charge in [-0.05, 0) is 70.9 Å². The number of ether oxygens (including phenoxy) is 1. The van der Waals surface area contributed by atoms with Gasteiger partial charge in [-0.2, -0.15) is 0 Å². The molecule has 272 valence electrons. The van der Waals surface area contributed by atoms with Crippen molar-refractivity contribution < 1.29 is 19.4 Å². The molecule has 0 aliphatic carbocycles. The summed E-state index contributed by atoms with van der Waals surface area (Å²) < 4.78 is 5.87. The van der Waals surface area contributed by atoms with Crippen LogP contribution in [-0.4, -0.2) is 47.7 Å². The first-order valence-corrected chi connectivity index (χ1v) is 20.5. The summed E-state index contributed by atoms with van der Waals surface area (Å²) in [4.78, 5) is 26.7. The smallest absolute Gasteiger partial charge is 0.306 e. The van der Waals surface area contributed by atoms with Crippen LogP contribution in [-0.2, 0) is 14.3 Å². The minimum Gasteiger partial charge on any atom is -0.481 e. The van der Waals surface area contributed by atoms with Gasteiger partial charge < -0.3 is 14.7 Å². The number of piperidine rings is 1. The second-order valence-corrected chi connectivity index (χ2v) is 15.0. The van der Waals surface area contributed by atoms with E-state index in [-0.39, 0.29) is 18.0 Å². The van der Waals surface area contributed by atoms with Gasteiger partial charge in [0, 0.05) is 12.5 Å². The van der Waals surface area contributed by atoms with Crippen molar-refractivity contribution in [1.29, 1.82) is 0 Å². The fourth-order valence-electron chi connectivity index (χ4n) is 7.61. The molecule has 5 heteroatoms.